The lowest BCUT2D eigenvalue weighted by molar-refractivity contribution is -0.120. The summed E-state index contributed by atoms with van der Waals surface area (Å²) in [6.45, 7) is 2.34. The second-order valence-corrected chi connectivity index (χ2v) is 9.04. The third-order valence-electron chi connectivity index (χ3n) is 4.67. The van der Waals surface area contributed by atoms with Crippen LogP contribution in [-0.4, -0.2) is 33.0 Å². The fraction of sp³-hybridized carbons (Fsp3) is 0.174. The van der Waals surface area contributed by atoms with Crippen molar-refractivity contribution >= 4 is 29.0 Å². The van der Waals surface area contributed by atoms with Crippen molar-refractivity contribution in [2.75, 3.05) is 7.11 Å². The van der Waals surface area contributed by atoms with Crippen LogP contribution in [0.4, 0.5) is 0 Å². The molecular formula is C23H22N4O2S2. The zero-order valence-electron chi connectivity index (χ0n) is 17.2. The Morgan fingerprint density at radius 3 is 2.55 bits per heavy atom. The van der Waals surface area contributed by atoms with Gasteiger partial charge in [-0.2, -0.15) is 0 Å². The highest BCUT2D eigenvalue weighted by atomic mass is 32.2. The van der Waals surface area contributed by atoms with Crippen molar-refractivity contribution in [2.45, 2.75) is 23.9 Å². The van der Waals surface area contributed by atoms with Crippen LogP contribution in [0, 0.1) is 0 Å². The molecule has 2 heterocycles. The van der Waals surface area contributed by atoms with Gasteiger partial charge >= 0.3 is 0 Å². The second-order valence-electron chi connectivity index (χ2n) is 6.78. The van der Waals surface area contributed by atoms with Crippen molar-refractivity contribution in [3.8, 4) is 22.1 Å². The number of carbonyl (C=O) groups excluding carboxylic acids is 1. The van der Waals surface area contributed by atoms with E-state index in [4.69, 9.17) is 4.74 Å². The predicted molar refractivity (Wildman–Crippen MR) is 125 cm³/mol. The van der Waals surface area contributed by atoms with Gasteiger partial charge in [0.1, 0.15) is 5.75 Å². The molecule has 158 valence electrons. The van der Waals surface area contributed by atoms with E-state index in [0.29, 0.717) is 11.7 Å². The summed E-state index contributed by atoms with van der Waals surface area (Å²) in [6.07, 6.45) is 0. The number of benzene rings is 2. The first-order valence-electron chi connectivity index (χ1n) is 9.77. The molecule has 0 spiro atoms. The SMILES string of the molecule is COc1ccc(CNC(=O)[C@@H](C)Sc2nnc(-c3cccs3)n2-c2ccccc2)cc1. The van der Waals surface area contributed by atoms with Crippen LogP contribution in [0.2, 0.25) is 0 Å². The molecule has 0 fully saturated rings. The summed E-state index contributed by atoms with van der Waals surface area (Å²) in [5, 5.41) is 14.2. The molecule has 0 saturated carbocycles. The van der Waals surface area contributed by atoms with Gasteiger partial charge in [-0.3, -0.25) is 9.36 Å². The van der Waals surface area contributed by atoms with Gasteiger partial charge in [-0.05, 0) is 48.2 Å². The number of aromatic nitrogens is 3. The van der Waals surface area contributed by atoms with Crippen LogP contribution in [0.15, 0.2) is 77.3 Å². The molecule has 0 aliphatic heterocycles. The Bertz CT molecular complexity index is 1130. The van der Waals surface area contributed by atoms with E-state index in [1.165, 1.54) is 11.8 Å². The van der Waals surface area contributed by atoms with Gasteiger partial charge in [0.05, 0.1) is 17.2 Å². The van der Waals surface area contributed by atoms with Crippen molar-refractivity contribution in [1.82, 2.24) is 20.1 Å². The highest BCUT2D eigenvalue weighted by Crippen LogP contribution is 2.32. The third kappa shape index (κ3) is 4.98. The number of rotatable bonds is 8. The van der Waals surface area contributed by atoms with E-state index in [0.717, 1.165) is 27.7 Å². The van der Waals surface area contributed by atoms with Crippen LogP contribution < -0.4 is 10.1 Å². The lowest BCUT2D eigenvalue weighted by Gasteiger charge is -2.14. The molecule has 0 unspecified atom stereocenters. The van der Waals surface area contributed by atoms with E-state index in [9.17, 15) is 4.79 Å². The number of hydrogen-bond donors (Lipinski definition) is 1. The third-order valence-corrected chi connectivity index (χ3v) is 6.58. The van der Waals surface area contributed by atoms with Gasteiger partial charge in [-0.1, -0.05) is 48.2 Å². The van der Waals surface area contributed by atoms with E-state index in [1.807, 2.05) is 83.6 Å². The Kier molecular flexibility index (Phi) is 6.69. The molecule has 0 bridgehead atoms. The number of para-hydroxylation sites is 1. The molecule has 8 heteroatoms. The number of amides is 1. The molecule has 1 amide bonds. The molecule has 2 aromatic carbocycles. The molecule has 4 aromatic rings. The van der Waals surface area contributed by atoms with E-state index >= 15 is 0 Å². The minimum Gasteiger partial charge on any atom is -0.497 e. The standard InChI is InChI=1S/C23H22N4O2S2/c1-16(22(28)24-15-17-10-12-19(29-2)13-11-17)31-23-26-25-21(20-9-6-14-30-20)27(23)18-7-4-3-5-8-18/h3-14,16H,15H2,1-2H3,(H,24,28)/t16-/m1/s1. The quantitative estimate of drug-likeness (QED) is 0.391. The molecule has 4 rings (SSSR count). The van der Waals surface area contributed by atoms with Crippen LogP contribution in [0.5, 0.6) is 5.75 Å². The van der Waals surface area contributed by atoms with E-state index in [2.05, 4.69) is 15.5 Å². The summed E-state index contributed by atoms with van der Waals surface area (Å²) >= 11 is 3.01. The lowest BCUT2D eigenvalue weighted by Crippen LogP contribution is -2.30. The first-order chi connectivity index (χ1) is 15.2. The van der Waals surface area contributed by atoms with Gasteiger partial charge in [0, 0.05) is 12.2 Å². The summed E-state index contributed by atoms with van der Waals surface area (Å²) < 4.78 is 7.17. The monoisotopic (exact) mass is 450 g/mol. The van der Waals surface area contributed by atoms with Crippen molar-refractivity contribution in [2.24, 2.45) is 0 Å². The molecule has 2 aromatic heterocycles. The molecule has 31 heavy (non-hydrogen) atoms. The molecule has 1 N–H and O–H groups in total. The molecule has 0 aliphatic carbocycles. The number of nitrogens with zero attached hydrogens (tertiary/aromatic N) is 3. The predicted octanol–water partition coefficient (Wildman–Crippen LogP) is 4.80. The molecule has 0 radical (unpaired) electrons. The number of methoxy groups -OCH3 is 1. The smallest absolute Gasteiger partial charge is 0.233 e. The maximum Gasteiger partial charge on any atom is 0.233 e. The van der Waals surface area contributed by atoms with Crippen molar-refractivity contribution < 1.29 is 9.53 Å². The minimum absolute atomic E-state index is 0.0545. The Hall–Kier alpha value is -3.10. The molecule has 0 aliphatic rings. The fourth-order valence-corrected chi connectivity index (χ4v) is 4.60. The fourth-order valence-electron chi connectivity index (χ4n) is 3.01. The van der Waals surface area contributed by atoms with Gasteiger partial charge in [-0.25, -0.2) is 0 Å². The molecule has 0 saturated heterocycles. The van der Waals surface area contributed by atoms with E-state index < -0.39 is 0 Å². The Morgan fingerprint density at radius 2 is 1.87 bits per heavy atom. The molecule has 6 nitrogen and oxygen atoms in total. The van der Waals surface area contributed by atoms with E-state index in [1.54, 1.807) is 18.4 Å². The zero-order chi connectivity index (χ0) is 21.6. The lowest BCUT2D eigenvalue weighted by atomic mass is 10.2. The van der Waals surface area contributed by atoms with E-state index in [-0.39, 0.29) is 11.2 Å². The van der Waals surface area contributed by atoms with Gasteiger partial charge in [0.2, 0.25) is 5.91 Å². The number of ether oxygens (including phenoxy) is 1. The maximum absolute atomic E-state index is 12.7. The van der Waals surface area contributed by atoms with Crippen LogP contribution >= 0.6 is 23.1 Å². The highest BCUT2D eigenvalue weighted by molar-refractivity contribution is 8.00. The Morgan fingerprint density at radius 1 is 1.10 bits per heavy atom. The van der Waals surface area contributed by atoms with Crippen LogP contribution in [0.25, 0.3) is 16.4 Å². The van der Waals surface area contributed by atoms with Gasteiger partial charge in [0.25, 0.3) is 0 Å². The van der Waals surface area contributed by atoms with Crippen molar-refractivity contribution in [1.29, 1.82) is 0 Å². The summed E-state index contributed by atoms with van der Waals surface area (Å²) in [5.41, 5.74) is 1.98. The van der Waals surface area contributed by atoms with Crippen LogP contribution in [-0.2, 0) is 11.3 Å². The first-order valence-corrected chi connectivity index (χ1v) is 11.5. The Labute approximate surface area is 189 Å². The summed E-state index contributed by atoms with van der Waals surface area (Å²) in [4.78, 5) is 13.7. The largest absolute Gasteiger partial charge is 0.497 e. The average molecular weight is 451 g/mol. The number of thioether (sulfide) groups is 1. The number of thiophene rings is 1. The Balaban J connectivity index is 1.49. The van der Waals surface area contributed by atoms with Gasteiger partial charge in [0.15, 0.2) is 11.0 Å². The highest BCUT2D eigenvalue weighted by Gasteiger charge is 2.22. The topological polar surface area (TPSA) is 69.0 Å². The summed E-state index contributed by atoms with van der Waals surface area (Å²) in [6, 6.07) is 21.6. The average Bonchev–Trinajstić information content (AvgIpc) is 3.48. The van der Waals surface area contributed by atoms with Crippen molar-refractivity contribution in [3.63, 3.8) is 0 Å². The van der Waals surface area contributed by atoms with Gasteiger partial charge < -0.3 is 10.1 Å². The van der Waals surface area contributed by atoms with Crippen molar-refractivity contribution in [3.05, 3.63) is 77.7 Å². The van der Waals surface area contributed by atoms with Gasteiger partial charge in [-0.15, -0.1) is 21.5 Å². The second kappa shape index (κ2) is 9.80. The maximum atomic E-state index is 12.7. The van der Waals surface area contributed by atoms with Crippen LogP contribution in [0.1, 0.15) is 12.5 Å². The molecular weight excluding hydrogens is 428 g/mol. The summed E-state index contributed by atoms with van der Waals surface area (Å²) in [5.74, 6) is 1.51. The normalized spacial score (nSPS) is 11.8. The minimum atomic E-state index is -0.332. The van der Waals surface area contributed by atoms with Crippen LogP contribution in [0.3, 0.4) is 0 Å². The molecule has 1 atom stereocenters. The zero-order valence-corrected chi connectivity index (χ0v) is 18.8. The number of carbonyl (C=O) groups is 1. The summed E-state index contributed by atoms with van der Waals surface area (Å²) in [7, 11) is 1.63. The first kappa shape index (κ1) is 21.1. The number of hydrogen-bond acceptors (Lipinski definition) is 6. The number of nitrogens with one attached hydrogen (secondary N) is 1.